The van der Waals surface area contributed by atoms with E-state index >= 15 is 0 Å². The van der Waals surface area contributed by atoms with Crippen LogP contribution in [0.1, 0.15) is 23.4 Å². The molecule has 1 aliphatic heterocycles. The second kappa shape index (κ2) is 7.83. The maximum Gasteiger partial charge on any atom is 0.289 e. The molecule has 0 unspecified atom stereocenters. The summed E-state index contributed by atoms with van der Waals surface area (Å²) >= 11 is 0. The van der Waals surface area contributed by atoms with Crippen molar-refractivity contribution in [2.24, 2.45) is 5.92 Å². The van der Waals surface area contributed by atoms with Crippen LogP contribution in [-0.2, 0) is 4.79 Å². The van der Waals surface area contributed by atoms with Crippen LogP contribution in [0.4, 0.5) is 5.69 Å². The highest BCUT2D eigenvalue weighted by atomic mass is 16.3. The van der Waals surface area contributed by atoms with Crippen molar-refractivity contribution < 1.29 is 14.0 Å². The van der Waals surface area contributed by atoms with Gasteiger partial charge in [-0.25, -0.2) is 0 Å². The molecule has 0 N–H and O–H groups in total. The first-order valence-electron chi connectivity index (χ1n) is 8.51. The number of hydrogen-bond acceptors (Lipinski definition) is 3. The zero-order chi connectivity index (χ0) is 17.6. The summed E-state index contributed by atoms with van der Waals surface area (Å²) in [6.07, 6.45) is 4.55. The molecule has 2 amide bonds. The fourth-order valence-electron chi connectivity index (χ4n) is 3.17. The number of carbonyl (C=O) groups is 2. The Morgan fingerprint density at radius 3 is 2.48 bits per heavy atom. The lowest BCUT2D eigenvalue weighted by Gasteiger charge is -2.33. The third-order valence-corrected chi connectivity index (χ3v) is 4.51. The SMILES string of the molecule is C=CCN(C(=O)C1CCN(C(=O)c2ccco2)CC1)c1ccccc1. The highest BCUT2D eigenvalue weighted by Crippen LogP contribution is 2.24. The number of piperidine rings is 1. The summed E-state index contributed by atoms with van der Waals surface area (Å²) in [5.74, 6) is 0.251. The summed E-state index contributed by atoms with van der Waals surface area (Å²) in [7, 11) is 0. The molecule has 0 saturated carbocycles. The molecule has 1 aliphatic rings. The number of furan rings is 1. The Balaban J connectivity index is 1.64. The monoisotopic (exact) mass is 338 g/mol. The second-order valence-corrected chi connectivity index (χ2v) is 6.12. The smallest absolute Gasteiger partial charge is 0.289 e. The predicted octanol–water partition coefficient (Wildman–Crippen LogP) is 3.35. The Hall–Kier alpha value is -2.82. The van der Waals surface area contributed by atoms with E-state index in [1.54, 1.807) is 28.0 Å². The number of para-hydroxylation sites is 1. The van der Waals surface area contributed by atoms with Gasteiger partial charge in [-0.1, -0.05) is 24.3 Å². The molecule has 0 bridgehead atoms. The minimum Gasteiger partial charge on any atom is -0.459 e. The second-order valence-electron chi connectivity index (χ2n) is 6.12. The van der Waals surface area contributed by atoms with E-state index in [1.165, 1.54) is 6.26 Å². The molecule has 5 nitrogen and oxygen atoms in total. The number of rotatable bonds is 5. The van der Waals surface area contributed by atoms with Gasteiger partial charge in [0.25, 0.3) is 5.91 Å². The van der Waals surface area contributed by atoms with Crippen molar-refractivity contribution in [3.05, 3.63) is 67.1 Å². The lowest BCUT2D eigenvalue weighted by Crippen LogP contribution is -2.44. The molecule has 0 atom stereocenters. The van der Waals surface area contributed by atoms with Crippen LogP contribution in [0.25, 0.3) is 0 Å². The Morgan fingerprint density at radius 1 is 1.16 bits per heavy atom. The van der Waals surface area contributed by atoms with Gasteiger partial charge < -0.3 is 14.2 Å². The Kier molecular flexibility index (Phi) is 5.33. The number of hydrogen-bond donors (Lipinski definition) is 0. The number of nitrogens with zero attached hydrogens (tertiary/aromatic N) is 2. The summed E-state index contributed by atoms with van der Waals surface area (Å²) in [5, 5.41) is 0. The van der Waals surface area contributed by atoms with E-state index in [4.69, 9.17) is 4.42 Å². The van der Waals surface area contributed by atoms with Gasteiger partial charge in [-0.05, 0) is 37.1 Å². The molecule has 130 valence electrons. The largest absolute Gasteiger partial charge is 0.459 e. The first-order chi connectivity index (χ1) is 12.2. The number of carbonyl (C=O) groups excluding carboxylic acids is 2. The minimum absolute atomic E-state index is 0.0826. The fraction of sp³-hybridized carbons (Fsp3) is 0.300. The van der Waals surface area contributed by atoms with Crippen LogP contribution >= 0.6 is 0 Å². The van der Waals surface area contributed by atoms with Gasteiger partial charge in [-0.3, -0.25) is 9.59 Å². The molecule has 25 heavy (non-hydrogen) atoms. The van der Waals surface area contributed by atoms with Gasteiger partial charge in [0, 0.05) is 31.2 Å². The van der Waals surface area contributed by atoms with E-state index in [9.17, 15) is 9.59 Å². The quantitative estimate of drug-likeness (QED) is 0.786. The van der Waals surface area contributed by atoms with Crippen LogP contribution in [0.15, 0.2) is 65.8 Å². The number of anilines is 1. The maximum absolute atomic E-state index is 13.0. The van der Waals surface area contributed by atoms with Crippen LogP contribution < -0.4 is 4.90 Å². The first kappa shape index (κ1) is 17.0. The van der Waals surface area contributed by atoms with Crippen molar-refractivity contribution in [1.29, 1.82) is 0 Å². The molecule has 1 aromatic carbocycles. The maximum atomic E-state index is 13.0. The minimum atomic E-state index is -0.109. The van der Waals surface area contributed by atoms with Gasteiger partial charge in [0.2, 0.25) is 5.91 Å². The summed E-state index contributed by atoms with van der Waals surface area (Å²) in [5.41, 5.74) is 0.876. The molecule has 0 aliphatic carbocycles. The highest BCUT2D eigenvalue weighted by Gasteiger charge is 2.31. The Morgan fingerprint density at radius 2 is 1.88 bits per heavy atom. The lowest BCUT2D eigenvalue weighted by atomic mass is 9.94. The Bertz CT molecular complexity index is 717. The van der Waals surface area contributed by atoms with Crippen LogP contribution in [0.2, 0.25) is 0 Å². The molecular weight excluding hydrogens is 316 g/mol. The average Bonchev–Trinajstić information content (AvgIpc) is 3.20. The van der Waals surface area contributed by atoms with Gasteiger partial charge in [0.15, 0.2) is 5.76 Å². The summed E-state index contributed by atoms with van der Waals surface area (Å²) in [6.45, 7) is 5.36. The lowest BCUT2D eigenvalue weighted by molar-refractivity contribution is -0.123. The fourth-order valence-corrected chi connectivity index (χ4v) is 3.17. The van der Waals surface area contributed by atoms with E-state index in [0.29, 0.717) is 38.2 Å². The molecule has 2 heterocycles. The van der Waals surface area contributed by atoms with Crippen molar-refractivity contribution in [3.8, 4) is 0 Å². The topological polar surface area (TPSA) is 53.8 Å². The van der Waals surface area contributed by atoms with Crippen LogP contribution in [0.5, 0.6) is 0 Å². The van der Waals surface area contributed by atoms with E-state index in [-0.39, 0.29) is 17.7 Å². The molecule has 0 spiro atoms. The van der Waals surface area contributed by atoms with E-state index in [0.717, 1.165) is 5.69 Å². The molecule has 0 radical (unpaired) electrons. The van der Waals surface area contributed by atoms with E-state index in [2.05, 4.69) is 6.58 Å². The number of amides is 2. The Labute approximate surface area is 147 Å². The van der Waals surface area contributed by atoms with Crippen molar-refractivity contribution >= 4 is 17.5 Å². The van der Waals surface area contributed by atoms with E-state index < -0.39 is 0 Å². The zero-order valence-electron chi connectivity index (χ0n) is 14.1. The zero-order valence-corrected chi connectivity index (χ0v) is 14.1. The molecule has 1 saturated heterocycles. The third kappa shape index (κ3) is 3.82. The molecule has 2 aromatic rings. The average molecular weight is 338 g/mol. The van der Waals surface area contributed by atoms with Crippen molar-refractivity contribution in [2.45, 2.75) is 12.8 Å². The van der Waals surface area contributed by atoms with Crippen LogP contribution in [-0.4, -0.2) is 36.3 Å². The number of benzene rings is 1. The van der Waals surface area contributed by atoms with Crippen LogP contribution in [0, 0.1) is 5.92 Å². The van der Waals surface area contributed by atoms with Gasteiger partial charge in [0.1, 0.15) is 0 Å². The first-order valence-corrected chi connectivity index (χ1v) is 8.51. The highest BCUT2D eigenvalue weighted by molar-refractivity contribution is 5.96. The van der Waals surface area contributed by atoms with Crippen molar-refractivity contribution in [3.63, 3.8) is 0 Å². The molecule has 1 aromatic heterocycles. The molecular formula is C20H22N2O3. The molecule has 5 heteroatoms. The number of likely N-dealkylation sites (tertiary alicyclic amines) is 1. The summed E-state index contributed by atoms with van der Waals surface area (Å²) in [4.78, 5) is 28.8. The normalized spacial score (nSPS) is 15.0. The van der Waals surface area contributed by atoms with Crippen LogP contribution in [0.3, 0.4) is 0 Å². The summed E-state index contributed by atoms with van der Waals surface area (Å²) in [6, 6.07) is 13.0. The van der Waals surface area contributed by atoms with Gasteiger partial charge in [0.05, 0.1) is 6.26 Å². The molecule has 1 fully saturated rings. The van der Waals surface area contributed by atoms with Crippen molar-refractivity contribution in [1.82, 2.24) is 4.90 Å². The van der Waals surface area contributed by atoms with Gasteiger partial charge in [-0.15, -0.1) is 6.58 Å². The summed E-state index contributed by atoms with van der Waals surface area (Å²) < 4.78 is 5.17. The van der Waals surface area contributed by atoms with Gasteiger partial charge in [-0.2, -0.15) is 0 Å². The van der Waals surface area contributed by atoms with Crippen molar-refractivity contribution in [2.75, 3.05) is 24.5 Å². The van der Waals surface area contributed by atoms with E-state index in [1.807, 2.05) is 30.3 Å². The predicted molar refractivity (Wildman–Crippen MR) is 96.3 cm³/mol. The third-order valence-electron chi connectivity index (χ3n) is 4.51. The van der Waals surface area contributed by atoms with Gasteiger partial charge >= 0.3 is 0 Å². The molecule has 3 rings (SSSR count). The standard InChI is InChI=1S/C20H22N2O3/c1-2-12-22(17-7-4-3-5-8-17)19(23)16-10-13-21(14-11-16)20(24)18-9-6-15-25-18/h2-9,15-16H,1,10-14H2.